The lowest BCUT2D eigenvalue weighted by atomic mass is 9.97. The first-order chi connectivity index (χ1) is 22.4. The fourth-order valence-corrected chi connectivity index (χ4v) is 5.81. The Kier molecular flexibility index (Phi) is 9.60. The Morgan fingerprint density at radius 3 is 2.26 bits per heavy atom. The summed E-state index contributed by atoms with van der Waals surface area (Å²) in [7, 11) is 5.97. The summed E-state index contributed by atoms with van der Waals surface area (Å²) in [5, 5.41) is 8.72. The highest BCUT2D eigenvalue weighted by Crippen LogP contribution is 2.42. The van der Waals surface area contributed by atoms with Crippen LogP contribution in [0.3, 0.4) is 0 Å². The molecule has 4 aromatic rings. The highest BCUT2D eigenvalue weighted by molar-refractivity contribution is 7.22. The van der Waals surface area contributed by atoms with Gasteiger partial charge in [-0.3, -0.25) is 14.9 Å². The Bertz CT molecular complexity index is 1820. The van der Waals surface area contributed by atoms with Crippen LogP contribution in [0.4, 0.5) is 18.3 Å². The van der Waals surface area contributed by atoms with Crippen LogP contribution in [0.2, 0.25) is 0 Å². The third kappa shape index (κ3) is 7.43. The number of nitrogens with one attached hydrogen (secondary N) is 1. The molecule has 47 heavy (non-hydrogen) atoms. The van der Waals surface area contributed by atoms with Crippen molar-refractivity contribution in [2.45, 2.75) is 25.7 Å². The van der Waals surface area contributed by atoms with Crippen molar-refractivity contribution in [2.24, 2.45) is 5.10 Å². The fourth-order valence-electron chi connectivity index (χ4n) is 4.95. The molecule has 2 heterocycles. The number of nitrogens with zero attached hydrogens (tertiary/aromatic N) is 3. The molecule has 0 saturated heterocycles. The standard InChI is InChI=1S/C31H29F3N4O8S/c1-16(39)38-22(14-20(37-38)18-11-25(42-3)29(44-5)26(12-18)43-4)17-6-8-23(41-2)24(10-17)45-15-28(40)36-30-35-21-13-19(46-31(32,33)34)7-9-27(21)47-30/h6-13,22H,14-15H2,1-5H3,(H,35,36,40). The number of methoxy groups -OCH3 is 4. The van der Waals surface area contributed by atoms with E-state index in [1.54, 1.807) is 30.3 Å². The molecule has 1 unspecified atom stereocenters. The molecule has 0 saturated carbocycles. The van der Waals surface area contributed by atoms with Gasteiger partial charge in [-0.25, -0.2) is 9.99 Å². The topological polar surface area (TPSA) is 130 Å². The van der Waals surface area contributed by atoms with Gasteiger partial charge in [0.15, 0.2) is 34.7 Å². The van der Waals surface area contributed by atoms with Gasteiger partial charge in [-0.15, -0.1) is 13.2 Å². The van der Waals surface area contributed by atoms with Crippen molar-refractivity contribution in [3.8, 4) is 34.5 Å². The molecule has 0 aliphatic carbocycles. The predicted molar refractivity (Wildman–Crippen MR) is 166 cm³/mol. The number of anilines is 1. The maximum absolute atomic E-state index is 12.8. The summed E-state index contributed by atoms with van der Waals surface area (Å²) in [6.07, 6.45) is -4.50. The molecule has 12 nitrogen and oxygen atoms in total. The van der Waals surface area contributed by atoms with Gasteiger partial charge in [-0.1, -0.05) is 17.4 Å². The van der Waals surface area contributed by atoms with Gasteiger partial charge in [-0.05, 0) is 42.0 Å². The number of halogens is 3. The number of alkyl halides is 3. The van der Waals surface area contributed by atoms with Gasteiger partial charge in [0.2, 0.25) is 11.7 Å². The summed E-state index contributed by atoms with van der Waals surface area (Å²) in [5.74, 6) is 0.602. The number of fused-ring (bicyclic) bond motifs is 1. The molecular formula is C31H29F3N4O8S. The maximum atomic E-state index is 12.8. The van der Waals surface area contributed by atoms with Crippen LogP contribution >= 0.6 is 11.3 Å². The maximum Gasteiger partial charge on any atom is 0.573 e. The van der Waals surface area contributed by atoms with Crippen LogP contribution in [-0.4, -0.2) is 68.9 Å². The number of carbonyl (C=O) groups is 2. The molecule has 1 aliphatic heterocycles. The molecule has 1 atom stereocenters. The SMILES string of the molecule is COc1ccc(C2CC(c3cc(OC)c(OC)c(OC)c3)=NN2C(C)=O)cc1OCC(=O)Nc1nc2cc(OC(F)(F)F)ccc2s1. The highest BCUT2D eigenvalue weighted by atomic mass is 32.1. The Morgan fingerprint density at radius 2 is 1.64 bits per heavy atom. The van der Waals surface area contributed by atoms with E-state index in [0.717, 1.165) is 23.5 Å². The smallest absolute Gasteiger partial charge is 0.493 e. The third-order valence-electron chi connectivity index (χ3n) is 7.00. The average molecular weight is 675 g/mol. The van der Waals surface area contributed by atoms with Gasteiger partial charge in [0, 0.05) is 25.0 Å². The second-order valence-corrected chi connectivity index (χ2v) is 11.0. The molecule has 2 amide bonds. The van der Waals surface area contributed by atoms with Crippen LogP contribution in [0.25, 0.3) is 10.2 Å². The molecule has 5 rings (SSSR count). The number of hydrazone groups is 1. The molecule has 0 spiro atoms. The van der Waals surface area contributed by atoms with Crippen LogP contribution in [0.1, 0.15) is 30.5 Å². The lowest BCUT2D eigenvalue weighted by molar-refractivity contribution is -0.274. The predicted octanol–water partition coefficient (Wildman–Crippen LogP) is 5.94. The van der Waals surface area contributed by atoms with Crippen LogP contribution in [-0.2, 0) is 9.59 Å². The molecule has 1 aliphatic rings. The second-order valence-electron chi connectivity index (χ2n) is 9.99. The van der Waals surface area contributed by atoms with E-state index in [0.29, 0.717) is 51.0 Å². The molecule has 0 fully saturated rings. The van der Waals surface area contributed by atoms with E-state index >= 15 is 0 Å². The molecule has 0 bridgehead atoms. The van der Waals surface area contributed by atoms with Crippen molar-refractivity contribution < 1.29 is 51.2 Å². The van der Waals surface area contributed by atoms with Gasteiger partial charge in [0.05, 0.1) is 50.4 Å². The summed E-state index contributed by atoms with van der Waals surface area (Å²) in [5.41, 5.74) is 2.18. The van der Waals surface area contributed by atoms with Gasteiger partial charge in [0.25, 0.3) is 5.91 Å². The van der Waals surface area contributed by atoms with E-state index in [1.807, 2.05) is 0 Å². The number of amides is 2. The number of hydrogen-bond acceptors (Lipinski definition) is 11. The van der Waals surface area contributed by atoms with Crippen LogP contribution in [0, 0.1) is 0 Å². The first-order valence-electron chi connectivity index (χ1n) is 13.9. The Morgan fingerprint density at radius 1 is 0.936 bits per heavy atom. The lowest BCUT2D eigenvalue weighted by Gasteiger charge is -2.21. The summed E-state index contributed by atoms with van der Waals surface area (Å²) in [4.78, 5) is 29.6. The van der Waals surface area contributed by atoms with E-state index in [2.05, 4.69) is 20.1 Å². The van der Waals surface area contributed by atoms with Crippen LogP contribution in [0.15, 0.2) is 53.6 Å². The molecule has 248 valence electrons. The summed E-state index contributed by atoms with van der Waals surface area (Å²) >= 11 is 1.08. The molecular weight excluding hydrogens is 645 g/mol. The van der Waals surface area contributed by atoms with E-state index < -0.39 is 30.7 Å². The lowest BCUT2D eigenvalue weighted by Crippen LogP contribution is -2.24. The first-order valence-corrected chi connectivity index (χ1v) is 14.7. The second kappa shape index (κ2) is 13.6. The zero-order valence-electron chi connectivity index (χ0n) is 25.8. The molecule has 0 radical (unpaired) electrons. The van der Waals surface area contributed by atoms with Crippen molar-refractivity contribution in [1.82, 2.24) is 9.99 Å². The zero-order chi connectivity index (χ0) is 33.9. The number of rotatable bonds is 11. The van der Waals surface area contributed by atoms with Crippen molar-refractivity contribution in [3.63, 3.8) is 0 Å². The summed E-state index contributed by atoms with van der Waals surface area (Å²) < 4.78 is 69.8. The van der Waals surface area contributed by atoms with Crippen LogP contribution < -0.4 is 33.7 Å². The minimum absolute atomic E-state index is 0.165. The number of carbonyl (C=O) groups excluding carboxylic acids is 2. The van der Waals surface area contributed by atoms with Gasteiger partial charge < -0.3 is 28.4 Å². The summed E-state index contributed by atoms with van der Waals surface area (Å²) in [6.45, 7) is 0.971. The Balaban J connectivity index is 1.32. The van der Waals surface area contributed by atoms with Crippen molar-refractivity contribution in [2.75, 3.05) is 40.4 Å². The monoisotopic (exact) mass is 674 g/mol. The van der Waals surface area contributed by atoms with Gasteiger partial charge >= 0.3 is 6.36 Å². The van der Waals surface area contributed by atoms with E-state index in [-0.39, 0.29) is 22.3 Å². The van der Waals surface area contributed by atoms with Gasteiger partial charge in [0.1, 0.15) is 5.75 Å². The number of thiazole rings is 1. The molecule has 1 N–H and O–H groups in total. The summed E-state index contributed by atoms with van der Waals surface area (Å²) in [6, 6.07) is 11.8. The number of hydrogen-bond donors (Lipinski definition) is 1. The van der Waals surface area contributed by atoms with E-state index in [1.165, 1.54) is 46.4 Å². The average Bonchev–Trinajstić information content (AvgIpc) is 3.66. The number of aromatic nitrogens is 1. The molecule has 16 heteroatoms. The highest BCUT2D eigenvalue weighted by Gasteiger charge is 2.33. The normalized spacial score (nSPS) is 14.4. The number of benzene rings is 3. The Hall–Kier alpha value is -5.25. The first kappa shape index (κ1) is 33.1. The van der Waals surface area contributed by atoms with Crippen LogP contribution in [0.5, 0.6) is 34.5 Å². The molecule has 1 aromatic heterocycles. The van der Waals surface area contributed by atoms with Crippen molar-refractivity contribution >= 4 is 44.2 Å². The van der Waals surface area contributed by atoms with E-state index in [9.17, 15) is 22.8 Å². The van der Waals surface area contributed by atoms with E-state index in [4.69, 9.17) is 23.7 Å². The minimum Gasteiger partial charge on any atom is -0.493 e. The third-order valence-corrected chi connectivity index (χ3v) is 7.95. The van der Waals surface area contributed by atoms with Crippen molar-refractivity contribution in [3.05, 3.63) is 59.7 Å². The zero-order valence-corrected chi connectivity index (χ0v) is 26.6. The van der Waals surface area contributed by atoms with Gasteiger partial charge in [-0.2, -0.15) is 5.10 Å². The molecule has 3 aromatic carbocycles. The Labute approximate surface area is 270 Å². The fraction of sp³-hybridized carbons (Fsp3) is 0.290. The largest absolute Gasteiger partial charge is 0.573 e. The van der Waals surface area contributed by atoms with Crippen molar-refractivity contribution in [1.29, 1.82) is 0 Å². The minimum atomic E-state index is -4.84. The number of ether oxygens (including phenoxy) is 6. The quantitative estimate of drug-likeness (QED) is 0.205.